The van der Waals surface area contributed by atoms with Gasteiger partial charge in [0.15, 0.2) is 5.69 Å². The number of rotatable bonds is 2. The fourth-order valence-electron chi connectivity index (χ4n) is 0.810. The maximum absolute atomic E-state index is 10.5. The van der Waals surface area contributed by atoms with Gasteiger partial charge >= 0.3 is 5.97 Å². The molecule has 11 heavy (non-hydrogen) atoms. The van der Waals surface area contributed by atoms with Crippen molar-refractivity contribution >= 4 is 17.6 Å². The molecule has 1 aromatic rings. The predicted octanol–water partition coefficient (Wildman–Crippen LogP) is 1.32. The van der Waals surface area contributed by atoms with E-state index in [9.17, 15) is 4.79 Å². The summed E-state index contributed by atoms with van der Waals surface area (Å²) in [6, 6.07) is 0. The lowest BCUT2D eigenvalue weighted by Gasteiger charge is -1.90. The van der Waals surface area contributed by atoms with E-state index in [1.807, 2.05) is 6.92 Å². The molecule has 0 saturated carbocycles. The van der Waals surface area contributed by atoms with Crippen LogP contribution in [0.5, 0.6) is 0 Å². The molecule has 1 heterocycles. The Morgan fingerprint density at radius 2 is 2.45 bits per heavy atom. The summed E-state index contributed by atoms with van der Waals surface area (Å²) >= 11 is 5.46. The third-order valence-electron chi connectivity index (χ3n) is 1.31. The third kappa shape index (κ3) is 1.51. The first-order valence-electron chi connectivity index (χ1n) is 3.12. The molecule has 0 aromatic carbocycles. The third-order valence-corrected chi connectivity index (χ3v) is 1.48. The quantitative estimate of drug-likeness (QED) is 0.711. The zero-order valence-electron chi connectivity index (χ0n) is 5.89. The van der Waals surface area contributed by atoms with Crippen LogP contribution in [0.1, 0.15) is 23.1 Å². The minimum atomic E-state index is -1.05. The van der Waals surface area contributed by atoms with E-state index < -0.39 is 5.97 Å². The van der Waals surface area contributed by atoms with Crippen molar-refractivity contribution in [2.24, 2.45) is 0 Å². The molecular formula is C6H7ClN2O2. The Balaban J connectivity index is 3.12. The number of nitrogens with one attached hydrogen (secondary N) is 1. The Morgan fingerprint density at radius 3 is 2.82 bits per heavy atom. The Morgan fingerprint density at radius 1 is 1.82 bits per heavy atom. The van der Waals surface area contributed by atoms with Crippen LogP contribution in [-0.2, 0) is 6.42 Å². The Labute approximate surface area is 68.2 Å². The average Bonchev–Trinajstić information content (AvgIpc) is 2.30. The summed E-state index contributed by atoms with van der Waals surface area (Å²) in [5.41, 5.74) is 0.569. The molecule has 0 aliphatic heterocycles. The van der Waals surface area contributed by atoms with E-state index in [1.54, 1.807) is 0 Å². The zero-order chi connectivity index (χ0) is 8.43. The number of imidazole rings is 1. The van der Waals surface area contributed by atoms with Crippen LogP contribution in [0, 0.1) is 0 Å². The number of nitrogens with zero attached hydrogens (tertiary/aromatic N) is 1. The number of hydrogen-bond donors (Lipinski definition) is 2. The van der Waals surface area contributed by atoms with Crippen molar-refractivity contribution in [3.63, 3.8) is 0 Å². The molecule has 0 fully saturated rings. The van der Waals surface area contributed by atoms with Gasteiger partial charge < -0.3 is 10.1 Å². The van der Waals surface area contributed by atoms with Crippen LogP contribution in [0.25, 0.3) is 0 Å². The van der Waals surface area contributed by atoms with E-state index in [1.165, 1.54) is 0 Å². The van der Waals surface area contributed by atoms with Crippen LogP contribution < -0.4 is 0 Å². The molecule has 1 rings (SSSR count). The van der Waals surface area contributed by atoms with E-state index in [-0.39, 0.29) is 11.0 Å². The number of H-pyrrole nitrogens is 1. The number of aromatic carboxylic acids is 1. The summed E-state index contributed by atoms with van der Waals surface area (Å²) in [7, 11) is 0. The summed E-state index contributed by atoms with van der Waals surface area (Å²) in [6.07, 6.45) is 0.585. The molecule has 0 aliphatic carbocycles. The van der Waals surface area contributed by atoms with E-state index in [2.05, 4.69) is 9.97 Å². The zero-order valence-corrected chi connectivity index (χ0v) is 6.64. The normalized spacial score (nSPS) is 10.0. The average molecular weight is 175 g/mol. The molecule has 0 saturated heterocycles. The number of carboxylic acids is 1. The number of aromatic amines is 1. The molecule has 0 bridgehead atoms. The molecule has 0 atom stereocenters. The smallest absolute Gasteiger partial charge is 0.356 e. The molecule has 0 aliphatic rings. The van der Waals surface area contributed by atoms with Crippen LogP contribution in [0.15, 0.2) is 0 Å². The minimum absolute atomic E-state index is 0.0116. The van der Waals surface area contributed by atoms with Crippen molar-refractivity contribution in [3.05, 3.63) is 16.7 Å². The highest BCUT2D eigenvalue weighted by Gasteiger charge is 2.13. The fourth-order valence-corrected chi connectivity index (χ4v) is 1.01. The second kappa shape index (κ2) is 2.92. The number of carboxylic acid groups (broad SMARTS) is 1. The highest BCUT2D eigenvalue weighted by molar-refractivity contribution is 6.28. The largest absolute Gasteiger partial charge is 0.476 e. The van der Waals surface area contributed by atoms with Crippen LogP contribution in [0.4, 0.5) is 0 Å². The maximum Gasteiger partial charge on any atom is 0.356 e. The van der Waals surface area contributed by atoms with Crippen LogP contribution in [0.3, 0.4) is 0 Å². The first kappa shape index (κ1) is 8.07. The highest BCUT2D eigenvalue weighted by atomic mass is 35.5. The van der Waals surface area contributed by atoms with Gasteiger partial charge in [-0.05, 0) is 18.0 Å². The number of halogens is 1. The highest BCUT2D eigenvalue weighted by Crippen LogP contribution is 2.10. The second-order valence-electron chi connectivity index (χ2n) is 2.01. The second-order valence-corrected chi connectivity index (χ2v) is 2.37. The van der Waals surface area contributed by atoms with Gasteiger partial charge in [0.25, 0.3) is 0 Å². The van der Waals surface area contributed by atoms with E-state index in [4.69, 9.17) is 16.7 Å². The van der Waals surface area contributed by atoms with Gasteiger partial charge in [0.2, 0.25) is 5.28 Å². The summed E-state index contributed by atoms with van der Waals surface area (Å²) < 4.78 is 0. The maximum atomic E-state index is 10.5. The summed E-state index contributed by atoms with van der Waals surface area (Å²) in [5, 5.41) is 8.69. The molecule has 5 heteroatoms. The van der Waals surface area contributed by atoms with Gasteiger partial charge in [-0.2, -0.15) is 0 Å². The number of aromatic nitrogens is 2. The van der Waals surface area contributed by atoms with E-state index in [0.29, 0.717) is 12.1 Å². The molecule has 0 unspecified atom stereocenters. The van der Waals surface area contributed by atoms with E-state index >= 15 is 0 Å². The molecule has 4 nitrogen and oxygen atoms in total. The minimum Gasteiger partial charge on any atom is -0.476 e. The molecule has 1 aromatic heterocycles. The summed E-state index contributed by atoms with van der Waals surface area (Å²) in [4.78, 5) is 16.7. The van der Waals surface area contributed by atoms with Crippen molar-refractivity contribution in [2.75, 3.05) is 0 Å². The van der Waals surface area contributed by atoms with Gasteiger partial charge in [-0.25, -0.2) is 9.78 Å². The van der Waals surface area contributed by atoms with Crippen molar-refractivity contribution in [1.29, 1.82) is 0 Å². The van der Waals surface area contributed by atoms with Crippen molar-refractivity contribution in [2.45, 2.75) is 13.3 Å². The Kier molecular flexibility index (Phi) is 2.14. The van der Waals surface area contributed by atoms with Crippen LogP contribution in [-0.4, -0.2) is 21.0 Å². The molecular weight excluding hydrogens is 168 g/mol. The number of hydrogen-bond acceptors (Lipinski definition) is 2. The van der Waals surface area contributed by atoms with Crippen molar-refractivity contribution < 1.29 is 9.90 Å². The summed E-state index contributed by atoms with van der Waals surface area (Å²) in [6.45, 7) is 1.83. The van der Waals surface area contributed by atoms with Crippen LogP contribution >= 0.6 is 11.6 Å². The fraction of sp³-hybridized carbons (Fsp3) is 0.333. The van der Waals surface area contributed by atoms with Gasteiger partial charge in [0.1, 0.15) is 0 Å². The molecule has 0 amide bonds. The van der Waals surface area contributed by atoms with Crippen LogP contribution in [0.2, 0.25) is 5.28 Å². The Hall–Kier alpha value is -1.03. The van der Waals surface area contributed by atoms with Gasteiger partial charge in [0, 0.05) is 0 Å². The van der Waals surface area contributed by atoms with Crippen molar-refractivity contribution in [1.82, 2.24) is 9.97 Å². The standard InChI is InChI=1S/C6H7ClN2O2/c1-2-3-4(5(10)11)9-6(7)8-3/h2H2,1H3,(H,8,9)(H,10,11). The van der Waals surface area contributed by atoms with Gasteiger partial charge in [0.05, 0.1) is 5.69 Å². The molecule has 0 spiro atoms. The lowest BCUT2D eigenvalue weighted by molar-refractivity contribution is 0.0690. The topological polar surface area (TPSA) is 66.0 Å². The summed E-state index contributed by atoms with van der Waals surface area (Å²) in [5.74, 6) is -1.05. The first-order chi connectivity index (χ1) is 5.15. The molecule has 0 radical (unpaired) electrons. The molecule has 2 N–H and O–H groups in total. The van der Waals surface area contributed by atoms with Gasteiger partial charge in [-0.15, -0.1) is 0 Å². The van der Waals surface area contributed by atoms with Gasteiger partial charge in [-0.3, -0.25) is 0 Å². The number of carbonyl (C=O) groups is 1. The lowest BCUT2D eigenvalue weighted by Crippen LogP contribution is -2.00. The van der Waals surface area contributed by atoms with E-state index in [0.717, 1.165) is 0 Å². The Bertz CT molecular complexity index is 282. The lowest BCUT2D eigenvalue weighted by atomic mass is 10.3. The molecule has 60 valence electrons. The first-order valence-corrected chi connectivity index (χ1v) is 3.50. The van der Waals surface area contributed by atoms with Crippen molar-refractivity contribution in [3.8, 4) is 0 Å². The monoisotopic (exact) mass is 174 g/mol. The van der Waals surface area contributed by atoms with Gasteiger partial charge in [-0.1, -0.05) is 6.92 Å². The predicted molar refractivity (Wildman–Crippen MR) is 39.9 cm³/mol. The number of aryl methyl sites for hydroxylation is 1. The SMILES string of the molecule is CCc1[nH]c(Cl)nc1C(=O)O.